The van der Waals surface area contributed by atoms with Crippen LogP contribution >= 0.6 is 0 Å². The topological polar surface area (TPSA) is 35.8 Å². The van der Waals surface area contributed by atoms with Crippen molar-refractivity contribution in [1.82, 2.24) is 5.32 Å². The molecule has 1 aliphatic carbocycles. The van der Waals surface area contributed by atoms with E-state index in [4.69, 9.17) is 5.26 Å². The van der Waals surface area contributed by atoms with Crippen molar-refractivity contribution in [3.05, 3.63) is 35.1 Å². The molecule has 0 spiro atoms. The molecule has 2 nitrogen and oxygen atoms in total. The van der Waals surface area contributed by atoms with Crippen LogP contribution in [0.2, 0.25) is 0 Å². The lowest BCUT2D eigenvalue weighted by atomic mass is 10.0. The fraction of sp³-hybridized carbons (Fsp3) is 0.533. The lowest BCUT2D eigenvalue weighted by molar-refractivity contribution is 0.457. The van der Waals surface area contributed by atoms with E-state index in [1.165, 1.54) is 6.07 Å². The van der Waals surface area contributed by atoms with E-state index in [-0.39, 0.29) is 16.6 Å². The fourth-order valence-electron chi connectivity index (χ4n) is 2.68. The quantitative estimate of drug-likeness (QED) is 0.888. The highest BCUT2D eigenvalue weighted by Gasteiger charge is 2.64. The normalized spacial score (nSPS) is 20.4. The Hall–Kier alpha value is -1.40. The van der Waals surface area contributed by atoms with Gasteiger partial charge >= 0.3 is 0 Å². The predicted molar refractivity (Wildman–Crippen MR) is 69.3 cm³/mol. The molecule has 0 radical (unpaired) electrons. The summed E-state index contributed by atoms with van der Waals surface area (Å²) < 4.78 is 13.7. The van der Waals surface area contributed by atoms with Crippen molar-refractivity contribution in [3.63, 3.8) is 0 Å². The second kappa shape index (κ2) is 4.07. The Bertz CT molecular complexity index is 498. The molecule has 1 aromatic carbocycles. The largest absolute Gasteiger partial charge is 0.309 e. The Morgan fingerprint density at radius 2 is 1.89 bits per heavy atom. The van der Waals surface area contributed by atoms with Crippen molar-refractivity contribution in [1.29, 1.82) is 5.26 Å². The van der Waals surface area contributed by atoms with Crippen LogP contribution in [0.1, 0.15) is 38.8 Å². The average molecular weight is 246 g/mol. The molecule has 1 aliphatic rings. The first-order valence-corrected chi connectivity index (χ1v) is 6.22. The lowest BCUT2D eigenvalue weighted by Crippen LogP contribution is -2.22. The Kier molecular flexibility index (Phi) is 2.95. The van der Waals surface area contributed by atoms with E-state index in [2.05, 4.69) is 33.0 Å². The Morgan fingerprint density at radius 1 is 1.28 bits per heavy atom. The monoisotopic (exact) mass is 246 g/mol. The molecule has 0 atom stereocenters. The first-order valence-electron chi connectivity index (χ1n) is 6.22. The number of rotatable bonds is 3. The summed E-state index contributed by atoms with van der Waals surface area (Å²) >= 11 is 0. The molecule has 1 aromatic rings. The third-order valence-electron chi connectivity index (χ3n) is 4.70. The minimum absolute atomic E-state index is 0.246. The minimum Gasteiger partial charge on any atom is -0.309 e. The fourth-order valence-corrected chi connectivity index (χ4v) is 2.68. The van der Waals surface area contributed by atoms with Crippen LogP contribution in [0.3, 0.4) is 0 Å². The third kappa shape index (κ3) is 1.91. The first-order chi connectivity index (χ1) is 8.30. The molecule has 3 heteroatoms. The molecule has 0 amide bonds. The highest BCUT2D eigenvalue weighted by Crippen LogP contribution is 2.62. The molecule has 0 heterocycles. The molecule has 0 unspecified atom stereocenters. The summed E-state index contributed by atoms with van der Waals surface area (Å²) in [5, 5.41) is 12.1. The molecule has 0 saturated heterocycles. The number of hydrogen-bond acceptors (Lipinski definition) is 2. The number of nitriles is 1. The van der Waals surface area contributed by atoms with E-state index in [9.17, 15) is 4.39 Å². The van der Waals surface area contributed by atoms with Crippen LogP contribution in [0.4, 0.5) is 4.39 Å². The zero-order valence-electron chi connectivity index (χ0n) is 11.3. The Morgan fingerprint density at radius 3 is 2.33 bits per heavy atom. The zero-order chi connectivity index (χ0) is 13.6. The number of halogens is 1. The van der Waals surface area contributed by atoms with Gasteiger partial charge in [0.15, 0.2) is 0 Å². The first kappa shape index (κ1) is 13.0. The summed E-state index contributed by atoms with van der Waals surface area (Å²) in [6.45, 7) is 9.40. The van der Waals surface area contributed by atoms with Crippen LogP contribution in [0.15, 0.2) is 18.2 Å². The van der Waals surface area contributed by atoms with Crippen molar-refractivity contribution in [2.45, 2.75) is 40.3 Å². The van der Waals surface area contributed by atoms with E-state index in [0.29, 0.717) is 23.7 Å². The predicted octanol–water partition coefficient (Wildman–Crippen LogP) is 3.22. The van der Waals surface area contributed by atoms with Gasteiger partial charge in [0.05, 0.1) is 11.6 Å². The number of benzene rings is 1. The van der Waals surface area contributed by atoms with Gasteiger partial charge in [0.25, 0.3) is 0 Å². The van der Waals surface area contributed by atoms with E-state index >= 15 is 0 Å². The molecular weight excluding hydrogens is 227 g/mol. The molecule has 96 valence electrons. The van der Waals surface area contributed by atoms with Gasteiger partial charge in [-0.15, -0.1) is 0 Å². The van der Waals surface area contributed by atoms with Gasteiger partial charge in [-0.2, -0.15) is 5.26 Å². The highest BCUT2D eigenvalue weighted by atomic mass is 19.1. The van der Waals surface area contributed by atoms with E-state index in [0.717, 1.165) is 0 Å². The number of nitrogens with zero attached hydrogens (tertiary/aromatic N) is 1. The zero-order valence-corrected chi connectivity index (χ0v) is 11.3. The molecular formula is C15H19FN2. The van der Waals surface area contributed by atoms with Crippen LogP contribution in [-0.2, 0) is 6.54 Å². The van der Waals surface area contributed by atoms with Gasteiger partial charge in [-0.05, 0) is 23.0 Å². The summed E-state index contributed by atoms with van der Waals surface area (Å²) in [4.78, 5) is 0. The maximum Gasteiger partial charge on any atom is 0.129 e. The molecule has 1 N–H and O–H groups in total. The van der Waals surface area contributed by atoms with E-state index in [1.54, 1.807) is 12.1 Å². The Balaban J connectivity index is 2.03. The van der Waals surface area contributed by atoms with E-state index < -0.39 is 0 Å². The van der Waals surface area contributed by atoms with Crippen molar-refractivity contribution < 1.29 is 4.39 Å². The van der Waals surface area contributed by atoms with Crippen LogP contribution in [0, 0.1) is 28.0 Å². The molecule has 0 bridgehead atoms. The van der Waals surface area contributed by atoms with Crippen molar-refractivity contribution >= 4 is 0 Å². The van der Waals surface area contributed by atoms with Crippen molar-refractivity contribution in [2.24, 2.45) is 10.8 Å². The summed E-state index contributed by atoms with van der Waals surface area (Å²) in [5.41, 5.74) is 1.47. The van der Waals surface area contributed by atoms with Crippen molar-refractivity contribution in [2.75, 3.05) is 0 Å². The van der Waals surface area contributed by atoms with Crippen LogP contribution in [0.25, 0.3) is 0 Å². The molecule has 2 rings (SSSR count). The van der Waals surface area contributed by atoms with Gasteiger partial charge in [-0.1, -0.05) is 33.8 Å². The van der Waals surface area contributed by atoms with Crippen LogP contribution in [-0.4, -0.2) is 6.04 Å². The molecule has 18 heavy (non-hydrogen) atoms. The summed E-state index contributed by atoms with van der Waals surface area (Å²) in [6, 6.07) is 6.97. The lowest BCUT2D eigenvalue weighted by Gasteiger charge is -2.07. The van der Waals surface area contributed by atoms with Crippen LogP contribution < -0.4 is 5.32 Å². The maximum atomic E-state index is 13.7. The second-order valence-corrected chi connectivity index (χ2v) is 6.18. The van der Waals surface area contributed by atoms with Gasteiger partial charge < -0.3 is 5.32 Å². The second-order valence-electron chi connectivity index (χ2n) is 6.18. The summed E-state index contributed by atoms with van der Waals surface area (Å²) in [7, 11) is 0. The van der Waals surface area contributed by atoms with Gasteiger partial charge in [0, 0.05) is 18.2 Å². The van der Waals surface area contributed by atoms with Gasteiger partial charge in [0.2, 0.25) is 0 Å². The van der Waals surface area contributed by atoms with Crippen LogP contribution in [0.5, 0.6) is 0 Å². The molecule has 0 aliphatic heterocycles. The third-order valence-corrected chi connectivity index (χ3v) is 4.70. The van der Waals surface area contributed by atoms with Gasteiger partial charge in [-0.3, -0.25) is 0 Å². The smallest absolute Gasteiger partial charge is 0.129 e. The van der Waals surface area contributed by atoms with Gasteiger partial charge in [0.1, 0.15) is 5.82 Å². The molecule has 1 saturated carbocycles. The average Bonchev–Trinajstić information content (AvgIpc) is 2.68. The standard InChI is InChI=1S/C15H19FN2/c1-14(2)13(15(14,3)4)18-9-11-6-5-10(8-17)7-12(11)16/h5-7,13,18H,9H2,1-4H3. The molecule has 1 fully saturated rings. The SMILES string of the molecule is CC1(C)C(NCc2ccc(C#N)cc2F)C1(C)C. The Labute approximate surface area is 108 Å². The minimum atomic E-state index is -0.308. The summed E-state index contributed by atoms with van der Waals surface area (Å²) in [5.74, 6) is -0.308. The molecule has 0 aromatic heterocycles. The number of hydrogen-bond donors (Lipinski definition) is 1. The summed E-state index contributed by atoms with van der Waals surface area (Å²) in [6.07, 6.45) is 0. The van der Waals surface area contributed by atoms with E-state index in [1.807, 2.05) is 6.07 Å². The number of nitrogens with one attached hydrogen (secondary N) is 1. The van der Waals surface area contributed by atoms with Crippen molar-refractivity contribution in [3.8, 4) is 6.07 Å². The highest BCUT2D eigenvalue weighted by molar-refractivity contribution is 5.33. The van der Waals surface area contributed by atoms with Gasteiger partial charge in [-0.25, -0.2) is 4.39 Å². The maximum absolute atomic E-state index is 13.7.